The van der Waals surface area contributed by atoms with E-state index in [9.17, 15) is 4.39 Å². The molecule has 0 radical (unpaired) electrons. The third-order valence-corrected chi connectivity index (χ3v) is 3.50. The smallest absolute Gasteiger partial charge is 0.143 e. The topological polar surface area (TPSA) is 50.3 Å². The predicted molar refractivity (Wildman–Crippen MR) is 89.3 cm³/mol. The number of hydrogen-bond acceptors (Lipinski definition) is 3. The lowest BCUT2D eigenvalue weighted by molar-refractivity contribution is 0.132. The first-order valence-electron chi connectivity index (χ1n) is 7.34. The fourth-order valence-electron chi connectivity index (χ4n) is 2.29. The van der Waals surface area contributed by atoms with Gasteiger partial charge in [0.2, 0.25) is 0 Å². The lowest BCUT2D eigenvalue weighted by atomic mass is 10.1. The first kappa shape index (κ1) is 15.5. The molecule has 0 atom stereocenters. The largest absolute Gasteiger partial charge is 0.391 e. The Bertz CT molecular complexity index is 891. The molecule has 4 nitrogen and oxygen atoms in total. The summed E-state index contributed by atoms with van der Waals surface area (Å²) < 4.78 is 14.9. The van der Waals surface area contributed by atoms with Crippen molar-refractivity contribution < 1.29 is 9.23 Å². The van der Waals surface area contributed by atoms with Gasteiger partial charge in [0, 0.05) is 17.4 Å². The Morgan fingerprint density at radius 2 is 1.88 bits per heavy atom. The summed E-state index contributed by atoms with van der Waals surface area (Å²) in [5.41, 5.74) is 2.99. The molecule has 0 unspecified atom stereocenters. The van der Waals surface area contributed by atoms with Crippen LogP contribution in [0, 0.1) is 17.1 Å². The van der Waals surface area contributed by atoms with Crippen LogP contribution in [0.5, 0.6) is 0 Å². The normalized spacial score (nSPS) is 10.7. The second-order valence-corrected chi connectivity index (χ2v) is 5.06. The minimum atomic E-state index is -0.277. The van der Waals surface area contributed by atoms with Crippen LogP contribution in [-0.2, 0) is 11.4 Å². The monoisotopic (exact) mass is 319 g/mol. The summed E-state index contributed by atoms with van der Waals surface area (Å²) in [5.74, 6) is -0.277. The number of halogens is 1. The Hall–Kier alpha value is -3.39. The van der Waals surface area contributed by atoms with Crippen molar-refractivity contribution in [2.24, 2.45) is 5.16 Å². The first-order valence-corrected chi connectivity index (χ1v) is 7.34. The first-order chi connectivity index (χ1) is 11.8. The maximum absolute atomic E-state index is 13.0. The number of nitriles is 1. The number of rotatable bonds is 5. The van der Waals surface area contributed by atoms with Gasteiger partial charge in [-0.3, -0.25) is 0 Å². The van der Waals surface area contributed by atoms with Crippen LogP contribution >= 0.6 is 0 Å². The van der Waals surface area contributed by atoms with Crippen LogP contribution in [0.3, 0.4) is 0 Å². The Morgan fingerprint density at radius 1 is 1.08 bits per heavy atom. The van der Waals surface area contributed by atoms with E-state index in [4.69, 9.17) is 10.1 Å². The van der Waals surface area contributed by atoms with Crippen LogP contribution in [0.15, 0.2) is 72.0 Å². The maximum Gasteiger partial charge on any atom is 0.143 e. The SMILES string of the molecule is N#Cc1ccccc1CO/N=C\c1cccn1-c1ccc(F)cc1. The van der Waals surface area contributed by atoms with Gasteiger partial charge in [-0.25, -0.2) is 4.39 Å². The molecule has 0 aliphatic heterocycles. The van der Waals surface area contributed by atoms with Gasteiger partial charge in [-0.2, -0.15) is 5.26 Å². The van der Waals surface area contributed by atoms with Crippen LogP contribution in [-0.4, -0.2) is 10.8 Å². The standard InChI is InChI=1S/C19H14FN3O/c20-17-7-9-18(10-8-17)23-11-3-6-19(23)13-22-24-14-16-5-2-1-4-15(16)12-21/h1-11,13H,14H2/b22-13-. The van der Waals surface area contributed by atoms with Crippen molar-refractivity contribution in [3.63, 3.8) is 0 Å². The van der Waals surface area contributed by atoms with Crippen molar-refractivity contribution in [3.05, 3.63) is 89.5 Å². The van der Waals surface area contributed by atoms with Gasteiger partial charge in [0.25, 0.3) is 0 Å². The molecule has 0 amide bonds. The second kappa shape index (κ2) is 7.25. The molecule has 0 spiro atoms. The Labute approximate surface area is 139 Å². The summed E-state index contributed by atoms with van der Waals surface area (Å²) in [6.07, 6.45) is 3.44. The van der Waals surface area contributed by atoms with Gasteiger partial charge in [0.05, 0.1) is 23.5 Å². The van der Waals surface area contributed by atoms with E-state index >= 15 is 0 Å². The summed E-state index contributed by atoms with van der Waals surface area (Å²) >= 11 is 0. The molecule has 1 aromatic heterocycles. The summed E-state index contributed by atoms with van der Waals surface area (Å²) in [4.78, 5) is 5.29. The quantitative estimate of drug-likeness (QED) is 0.526. The number of aromatic nitrogens is 1. The average molecular weight is 319 g/mol. The van der Waals surface area contributed by atoms with Crippen LogP contribution < -0.4 is 0 Å². The Kier molecular flexibility index (Phi) is 4.68. The molecule has 5 heteroatoms. The molecule has 3 rings (SSSR count). The van der Waals surface area contributed by atoms with E-state index < -0.39 is 0 Å². The molecule has 0 N–H and O–H groups in total. The number of benzene rings is 2. The minimum Gasteiger partial charge on any atom is -0.391 e. The summed E-state index contributed by atoms with van der Waals surface area (Å²) in [5, 5.41) is 13.0. The summed E-state index contributed by atoms with van der Waals surface area (Å²) in [6.45, 7) is 0.220. The molecule has 0 bridgehead atoms. The highest BCUT2D eigenvalue weighted by Crippen LogP contribution is 2.13. The molecule has 0 saturated heterocycles. The molecule has 24 heavy (non-hydrogen) atoms. The zero-order chi connectivity index (χ0) is 16.8. The van der Waals surface area contributed by atoms with Crippen molar-refractivity contribution in [3.8, 4) is 11.8 Å². The van der Waals surface area contributed by atoms with Gasteiger partial charge >= 0.3 is 0 Å². The van der Waals surface area contributed by atoms with Gasteiger partial charge in [-0.15, -0.1) is 0 Å². The molecule has 118 valence electrons. The fraction of sp³-hybridized carbons (Fsp3) is 0.0526. The Morgan fingerprint density at radius 3 is 2.67 bits per heavy atom. The van der Waals surface area contributed by atoms with Crippen LogP contribution in [0.1, 0.15) is 16.8 Å². The molecule has 0 saturated carbocycles. The molecule has 0 aliphatic carbocycles. The highest BCUT2D eigenvalue weighted by atomic mass is 19.1. The van der Waals surface area contributed by atoms with Gasteiger partial charge in [-0.1, -0.05) is 23.4 Å². The zero-order valence-electron chi connectivity index (χ0n) is 12.8. The summed E-state index contributed by atoms with van der Waals surface area (Å²) in [7, 11) is 0. The predicted octanol–water partition coefficient (Wildman–Crippen LogP) is 4.04. The zero-order valence-corrected chi connectivity index (χ0v) is 12.8. The van der Waals surface area contributed by atoms with E-state index in [0.29, 0.717) is 5.56 Å². The highest BCUT2D eigenvalue weighted by Gasteiger charge is 2.03. The highest BCUT2D eigenvalue weighted by molar-refractivity contribution is 5.78. The van der Waals surface area contributed by atoms with E-state index in [1.54, 1.807) is 30.5 Å². The maximum atomic E-state index is 13.0. The number of nitrogens with zero attached hydrogens (tertiary/aromatic N) is 3. The lowest BCUT2D eigenvalue weighted by Crippen LogP contribution is -1.98. The third kappa shape index (κ3) is 3.50. The third-order valence-electron chi connectivity index (χ3n) is 3.50. The molecular weight excluding hydrogens is 305 g/mol. The molecule has 0 aliphatic rings. The minimum absolute atomic E-state index is 0.220. The van der Waals surface area contributed by atoms with E-state index in [-0.39, 0.29) is 12.4 Å². The lowest BCUT2D eigenvalue weighted by Gasteiger charge is -2.06. The van der Waals surface area contributed by atoms with Gasteiger partial charge in [0.1, 0.15) is 12.4 Å². The molecule has 3 aromatic rings. The van der Waals surface area contributed by atoms with Crippen molar-refractivity contribution >= 4 is 6.21 Å². The number of hydrogen-bond donors (Lipinski definition) is 0. The molecule has 1 heterocycles. The van der Waals surface area contributed by atoms with Crippen LogP contribution in [0.4, 0.5) is 4.39 Å². The van der Waals surface area contributed by atoms with Crippen LogP contribution in [0.2, 0.25) is 0 Å². The Balaban J connectivity index is 1.69. The van der Waals surface area contributed by atoms with Crippen molar-refractivity contribution in [2.75, 3.05) is 0 Å². The molecule has 0 fully saturated rings. The van der Waals surface area contributed by atoms with Gasteiger partial charge < -0.3 is 9.40 Å². The van der Waals surface area contributed by atoms with E-state index in [0.717, 1.165) is 16.9 Å². The van der Waals surface area contributed by atoms with E-state index in [2.05, 4.69) is 11.2 Å². The van der Waals surface area contributed by atoms with Gasteiger partial charge in [0.15, 0.2) is 0 Å². The van der Waals surface area contributed by atoms with Gasteiger partial charge in [-0.05, 0) is 42.5 Å². The van der Waals surface area contributed by atoms with Crippen molar-refractivity contribution in [1.82, 2.24) is 4.57 Å². The van der Waals surface area contributed by atoms with Crippen molar-refractivity contribution in [2.45, 2.75) is 6.61 Å². The van der Waals surface area contributed by atoms with Crippen molar-refractivity contribution in [1.29, 1.82) is 5.26 Å². The van der Waals surface area contributed by atoms with E-state index in [1.807, 2.05) is 35.0 Å². The van der Waals surface area contributed by atoms with E-state index in [1.165, 1.54) is 12.1 Å². The molecule has 2 aromatic carbocycles. The average Bonchev–Trinajstić information content (AvgIpc) is 3.08. The van der Waals surface area contributed by atoms with Crippen LogP contribution in [0.25, 0.3) is 5.69 Å². The fourth-order valence-corrected chi connectivity index (χ4v) is 2.29. The summed E-state index contributed by atoms with van der Waals surface area (Å²) in [6, 6.07) is 19.3. The second-order valence-electron chi connectivity index (χ2n) is 5.06. The molecular formula is C19H14FN3O. The number of oxime groups is 1.